The predicted molar refractivity (Wildman–Crippen MR) is 35.5 cm³/mol. The van der Waals surface area contributed by atoms with E-state index in [1.807, 2.05) is 0 Å². The molecule has 0 spiro atoms. The summed E-state index contributed by atoms with van der Waals surface area (Å²) in [5, 5.41) is 3.22. The highest BCUT2D eigenvalue weighted by atomic mass is 14.9. The Labute approximate surface area is 50.8 Å². The maximum Gasteiger partial charge on any atom is 0.0146 e. The van der Waals surface area contributed by atoms with Gasteiger partial charge in [-0.1, -0.05) is 13.5 Å². The van der Waals surface area contributed by atoms with Crippen LogP contribution in [0.5, 0.6) is 0 Å². The van der Waals surface area contributed by atoms with E-state index in [-0.39, 0.29) is 0 Å². The summed E-state index contributed by atoms with van der Waals surface area (Å²) >= 11 is 0. The van der Waals surface area contributed by atoms with Gasteiger partial charge in [-0.15, -0.1) is 0 Å². The molecule has 1 nitrogen and oxygen atoms in total. The lowest BCUT2D eigenvalue weighted by Gasteiger charge is -2.21. The van der Waals surface area contributed by atoms with Gasteiger partial charge in [0.2, 0.25) is 0 Å². The second-order valence-corrected chi connectivity index (χ2v) is 2.63. The zero-order valence-corrected chi connectivity index (χ0v) is 5.41. The van der Waals surface area contributed by atoms with Crippen LogP contribution in [0.25, 0.3) is 0 Å². The molecular formula is C7H13N. The number of hydrogen-bond acceptors (Lipinski definition) is 1. The van der Waals surface area contributed by atoms with Crippen LogP contribution in [0.1, 0.15) is 19.8 Å². The van der Waals surface area contributed by atoms with Crippen LogP contribution in [-0.4, -0.2) is 6.54 Å². The lowest BCUT2D eigenvalue weighted by molar-refractivity contribution is 0.452. The van der Waals surface area contributed by atoms with Crippen molar-refractivity contribution in [2.45, 2.75) is 19.8 Å². The molecule has 0 unspecified atom stereocenters. The van der Waals surface area contributed by atoms with Crippen LogP contribution < -0.4 is 5.32 Å². The van der Waals surface area contributed by atoms with Crippen molar-refractivity contribution >= 4 is 0 Å². The molecule has 0 aromatic carbocycles. The first-order valence-corrected chi connectivity index (χ1v) is 3.20. The summed E-state index contributed by atoms with van der Waals surface area (Å²) < 4.78 is 0. The molecule has 0 aliphatic carbocycles. The summed E-state index contributed by atoms with van der Waals surface area (Å²) in [6.07, 6.45) is 2.47. The van der Waals surface area contributed by atoms with Gasteiger partial charge in [0.25, 0.3) is 0 Å². The average Bonchev–Trinajstić information content (AvgIpc) is 1.64. The van der Waals surface area contributed by atoms with E-state index in [0.29, 0.717) is 0 Å². The van der Waals surface area contributed by atoms with Crippen LogP contribution >= 0.6 is 0 Å². The van der Waals surface area contributed by atoms with Crippen molar-refractivity contribution in [2.24, 2.45) is 5.92 Å². The zero-order valence-electron chi connectivity index (χ0n) is 5.41. The predicted octanol–water partition coefficient (Wildman–Crippen LogP) is 1.52. The maximum absolute atomic E-state index is 3.85. The molecule has 0 radical (unpaired) electrons. The van der Waals surface area contributed by atoms with Crippen molar-refractivity contribution in [3.8, 4) is 0 Å². The molecule has 1 heterocycles. The number of allylic oxidation sites excluding steroid dienone is 1. The molecule has 1 atom stereocenters. The van der Waals surface area contributed by atoms with E-state index in [9.17, 15) is 0 Å². The van der Waals surface area contributed by atoms with E-state index in [0.717, 1.165) is 12.5 Å². The fraction of sp³-hybridized carbons (Fsp3) is 0.714. The normalized spacial score (nSPS) is 29.6. The summed E-state index contributed by atoms with van der Waals surface area (Å²) in [5.74, 6) is 0.851. The Morgan fingerprint density at radius 2 is 2.50 bits per heavy atom. The molecule has 0 aromatic rings. The van der Waals surface area contributed by atoms with E-state index in [1.165, 1.54) is 18.5 Å². The van der Waals surface area contributed by atoms with Crippen molar-refractivity contribution in [1.82, 2.24) is 5.32 Å². The molecule has 8 heavy (non-hydrogen) atoms. The first-order chi connectivity index (χ1) is 3.79. The quantitative estimate of drug-likeness (QED) is 0.499. The van der Waals surface area contributed by atoms with E-state index in [4.69, 9.17) is 0 Å². The molecule has 1 fully saturated rings. The minimum atomic E-state index is 0.851. The van der Waals surface area contributed by atoms with Crippen LogP contribution in [0.4, 0.5) is 0 Å². The molecule has 1 N–H and O–H groups in total. The highest BCUT2D eigenvalue weighted by molar-refractivity contribution is 4.95. The number of rotatable bonds is 0. The van der Waals surface area contributed by atoms with E-state index >= 15 is 0 Å². The molecule has 0 bridgehead atoms. The van der Waals surface area contributed by atoms with Gasteiger partial charge < -0.3 is 5.32 Å². The number of piperidine rings is 1. The maximum atomic E-state index is 3.85. The molecule has 1 rings (SSSR count). The molecule has 1 heteroatoms. The Morgan fingerprint density at radius 3 is 2.88 bits per heavy atom. The second-order valence-electron chi connectivity index (χ2n) is 2.63. The standard InChI is InChI=1S/C7H13N/c1-6-3-4-8-7(2)5-6/h6,8H,2-5H2,1H3/t6-/m0/s1. The topological polar surface area (TPSA) is 12.0 Å². The van der Waals surface area contributed by atoms with Crippen molar-refractivity contribution in [3.05, 3.63) is 12.3 Å². The van der Waals surface area contributed by atoms with Crippen molar-refractivity contribution in [1.29, 1.82) is 0 Å². The summed E-state index contributed by atoms with van der Waals surface area (Å²) in [6.45, 7) is 7.25. The Morgan fingerprint density at radius 1 is 1.75 bits per heavy atom. The summed E-state index contributed by atoms with van der Waals surface area (Å²) in [6, 6.07) is 0. The largest absolute Gasteiger partial charge is 0.389 e. The smallest absolute Gasteiger partial charge is 0.0146 e. The highest BCUT2D eigenvalue weighted by Crippen LogP contribution is 2.15. The SMILES string of the molecule is C=C1C[C@@H](C)CCN1. The monoisotopic (exact) mass is 111 g/mol. The molecule has 0 saturated carbocycles. The molecule has 0 aromatic heterocycles. The first kappa shape index (κ1) is 5.67. The van der Waals surface area contributed by atoms with Crippen molar-refractivity contribution in [2.75, 3.05) is 6.54 Å². The molecule has 0 amide bonds. The van der Waals surface area contributed by atoms with E-state index in [2.05, 4.69) is 18.8 Å². The molecule has 1 aliphatic rings. The summed E-state index contributed by atoms with van der Waals surface area (Å²) in [4.78, 5) is 0. The van der Waals surface area contributed by atoms with Crippen LogP contribution in [0.2, 0.25) is 0 Å². The van der Waals surface area contributed by atoms with E-state index < -0.39 is 0 Å². The van der Waals surface area contributed by atoms with Gasteiger partial charge in [-0.2, -0.15) is 0 Å². The average molecular weight is 111 g/mol. The Hall–Kier alpha value is -0.460. The third-order valence-electron chi connectivity index (χ3n) is 1.61. The van der Waals surface area contributed by atoms with Gasteiger partial charge in [-0.3, -0.25) is 0 Å². The molecule has 1 aliphatic heterocycles. The van der Waals surface area contributed by atoms with Crippen molar-refractivity contribution < 1.29 is 0 Å². The highest BCUT2D eigenvalue weighted by Gasteiger charge is 2.08. The van der Waals surface area contributed by atoms with Gasteiger partial charge in [-0.25, -0.2) is 0 Å². The van der Waals surface area contributed by atoms with Crippen LogP contribution in [0, 0.1) is 5.92 Å². The Bertz CT molecular complexity index is 96.6. The third-order valence-corrected chi connectivity index (χ3v) is 1.61. The molecular weight excluding hydrogens is 98.1 g/mol. The Balaban J connectivity index is 2.34. The van der Waals surface area contributed by atoms with E-state index in [1.54, 1.807) is 0 Å². The van der Waals surface area contributed by atoms with Gasteiger partial charge in [-0.05, 0) is 18.8 Å². The van der Waals surface area contributed by atoms with Gasteiger partial charge in [0, 0.05) is 12.2 Å². The zero-order chi connectivity index (χ0) is 5.98. The molecule has 1 saturated heterocycles. The third kappa shape index (κ3) is 1.25. The van der Waals surface area contributed by atoms with Gasteiger partial charge in [0.15, 0.2) is 0 Å². The van der Waals surface area contributed by atoms with Gasteiger partial charge >= 0.3 is 0 Å². The summed E-state index contributed by atoms with van der Waals surface area (Å²) in [5.41, 5.74) is 1.21. The fourth-order valence-electron chi connectivity index (χ4n) is 1.09. The minimum absolute atomic E-state index is 0.851. The lowest BCUT2D eigenvalue weighted by Crippen LogP contribution is -2.23. The number of nitrogens with one attached hydrogen (secondary N) is 1. The van der Waals surface area contributed by atoms with Crippen LogP contribution in [-0.2, 0) is 0 Å². The fourth-order valence-corrected chi connectivity index (χ4v) is 1.09. The summed E-state index contributed by atoms with van der Waals surface area (Å²) in [7, 11) is 0. The second kappa shape index (κ2) is 2.21. The lowest BCUT2D eigenvalue weighted by atomic mass is 9.99. The number of hydrogen-bond donors (Lipinski definition) is 1. The van der Waals surface area contributed by atoms with Crippen LogP contribution in [0.3, 0.4) is 0 Å². The van der Waals surface area contributed by atoms with Crippen LogP contribution in [0.15, 0.2) is 12.3 Å². The van der Waals surface area contributed by atoms with Gasteiger partial charge in [0.05, 0.1) is 0 Å². The van der Waals surface area contributed by atoms with Crippen molar-refractivity contribution in [3.63, 3.8) is 0 Å². The van der Waals surface area contributed by atoms with Gasteiger partial charge in [0.1, 0.15) is 0 Å². The Kier molecular flexibility index (Phi) is 1.56. The minimum Gasteiger partial charge on any atom is -0.389 e. The molecule has 46 valence electrons. The first-order valence-electron chi connectivity index (χ1n) is 3.20.